The predicted octanol–water partition coefficient (Wildman–Crippen LogP) is 4.72. The molecule has 0 aliphatic rings. The van der Waals surface area contributed by atoms with Crippen LogP contribution in [0.15, 0.2) is 46.9 Å². The molecule has 3 heteroatoms. The maximum absolute atomic E-state index is 6.08. The van der Waals surface area contributed by atoms with Gasteiger partial charge in [-0.15, -0.1) is 0 Å². The molecule has 0 amide bonds. The van der Waals surface area contributed by atoms with Gasteiger partial charge in [-0.25, -0.2) is 0 Å². The van der Waals surface area contributed by atoms with E-state index >= 15 is 0 Å². The smallest absolute Gasteiger partial charge is 0.0585 e. The van der Waals surface area contributed by atoms with Crippen LogP contribution in [-0.4, -0.2) is 7.05 Å². The fourth-order valence-electron chi connectivity index (χ4n) is 2.00. The van der Waals surface area contributed by atoms with E-state index in [0.717, 1.165) is 15.1 Å². The average molecular weight is 325 g/mol. The van der Waals surface area contributed by atoms with E-state index in [0.29, 0.717) is 0 Å². The van der Waals surface area contributed by atoms with Gasteiger partial charge in [-0.1, -0.05) is 57.4 Å². The van der Waals surface area contributed by atoms with Gasteiger partial charge in [-0.05, 0) is 43.3 Å². The van der Waals surface area contributed by atoms with Gasteiger partial charge in [0.1, 0.15) is 0 Å². The van der Waals surface area contributed by atoms with Crippen molar-refractivity contribution in [2.45, 2.75) is 13.0 Å². The van der Waals surface area contributed by atoms with Gasteiger partial charge in [-0.3, -0.25) is 0 Å². The van der Waals surface area contributed by atoms with Gasteiger partial charge in [-0.2, -0.15) is 0 Å². The van der Waals surface area contributed by atoms with E-state index in [2.05, 4.69) is 52.4 Å². The van der Waals surface area contributed by atoms with Crippen LogP contribution in [0.2, 0.25) is 5.02 Å². The van der Waals surface area contributed by atoms with Gasteiger partial charge in [0.05, 0.1) is 6.04 Å². The van der Waals surface area contributed by atoms with Crippen LogP contribution in [0.25, 0.3) is 0 Å². The first kappa shape index (κ1) is 13.6. The molecule has 18 heavy (non-hydrogen) atoms. The van der Waals surface area contributed by atoms with Gasteiger partial charge < -0.3 is 5.32 Å². The molecule has 0 spiro atoms. The summed E-state index contributed by atoms with van der Waals surface area (Å²) in [5.74, 6) is 0. The van der Waals surface area contributed by atoms with Gasteiger partial charge in [0.25, 0.3) is 0 Å². The van der Waals surface area contributed by atoms with Crippen molar-refractivity contribution >= 4 is 27.5 Å². The van der Waals surface area contributed by atoms with Crippen LogP contribution >= 0.6 is 27.5 Å². The van der Waals surface area contributed by atoms with Crippen LogP contribution in [-0.2, 0) is 0 Å². The van der Waals surface area contributed by atoms with E-state index in [1.165, 1.54) is 11.1 Å². The molecule has 1 atom stereocenters. The normalized spacial score (nSPS) is 12.4. The summed E-state index contributed by atoms with van der Waals surface area (Å²) in [6.45, 7) is 2.09. The maximum atomic E-state index is 6.08. The summed E-state index contributed by atoms with van der Waals surface area (Å²) >= 11 is 9.67. The average Bonchev–Trinajstić information content (AvgIpc) is 2.37. The quantitative estimate of drug-likeness (QED) is 0.861. The molecule has 0 aromatic heterocycles. The molecule has 0 fully saturated rings. The lowest BCUT2D eigenvalue weighted by Crippen LogP contribution is -2.18. The molecule has 1 N–H and O–H groups in total. The Balaban J connectivity index is 2.44. The van der Waals surface area contributed by atoms with Crippen LogP contribution < -0.4 is 5.32 Å². The van der Waals surface area contributed by atoms with E-state index < -0.39 is 0 Å². The van der Waals surface area contributed by atoms with E-state index in [1.54, 1.807) is 0 Å². The lowest BCUT2D eigenvalue weighted by Gasteiger charge is -2.19. The molecular formula is C15H15BrClN. The van der Waals surface area contributed by atoms with Crippen molar-refractivity contribution in [3.8, 4) is 0 Å². The monoisotopic (exact) mass is 323 g/mol. The zero-order valence-corrected chi connectivity index (χ0v) is 12.7. The maximum Gasteiger partial charge on any atom is 0.0585 e. The SMILES string of the molecule is CNC(c1ccc(C)cc1)c1cc(Cl)ccc1Br. The molecule has 2 aromatic carbocycles. The third-order valence-electron chi connectivity index (χ3n) is 2.97. The molecule has 0 saturated carbocycles. The molecule has 0 radical (unpaired) electrons. The summed E-state index contributed by atoms with van der Waals surface area (Å²) in [4.78, 5) is 0. The van der Waals surface area contributed by atoms with Crippen molar-refractivity contribution in [3.63, 3.8) is 0 Å². The first-order valence-electron chi connectivity index (χ1n) is 5.80. The van der Waals surface area contributed by atoms with Gasteiger partial charge in [0.15, 0.2) is 0 Å². The van der Waals surface area contributed by atoms with Crippen LogP contribution in [0.3, 0.4) is 0 Å². The van der Waals surface area contributed by atoms with E-state index in [4.69, 9.17) is 11.6 Å². The number of aryl methyl sites for hydroxylation is 1. The minimum absolute atomic E-state index is 0.138. The third-order valence-corrected chi connectivity index (χ3v) is 3.93. The van der Waals surface area contributed by atoms with E-state index in [9.17, 15) is 0 Å². The summed E-state index contributed by atoms with van der Waals surface area (Å²) < 4.78 is 1.06. The number of hydrogen-bond acceptors (Lipinski definition) is 1. The van der Waals surface area contributed by atoms with Crippen LogP contribution in [0.5, 0.6) is 0 Å². The minimum atomic E-state index is 0.138. The standard InChI is InChI=1S/C15H15BrClN/c1-10-3-5-11(6-4-10)15(18-2)13-9-12(17)7-8-14(13)16/h3-9,15,18H,1-2H3. The lowest BCUT2D eigenvalue weighted by atomic mass is 9.98. The minimum Gasteiger partial charge on any atom is -0.309 e. The lowest BCUT2D eigenvalue weighted by molar-refractivity contribution is 0.689. The van der Waals surface area contributed by atoms with Gasteiger partial charge in [0, 0.05) is 9.50 Å². The molecular weight excluding hydrogens is 310 g/mol. The summed E-state index contributed by atoms with van der Waals surface area (Å²) in [7, 11) is 1.96. The Morgan fingerprint density at radius 2 is 1.78 bits per heavy atom. The number of benzene rings is 2. The molecule has 1 nitrogen and oxygen atoms in total. The highest BCUT2D eigenvalue weighted by Gasteiger charge is 2.15. The summed E-state index contributed by atoms with van der Waals surface area (Å²) in [6, 6.07) is 14.5. The second kappa shape index (κ2) is 5.87. The Hall–Kier alpha value is -0.830. The molecule has 0 heterocycles. The highest BCUT2D eigenvalue weighted by Crippen LogP contribution is 2.30. The Labute approximate surface area is 121 Å². The molecule has 2 aromatic rings. The third kappa shape index (κ3) is 2.94. The summed E-state index contributed by atoms with van der Waals surface area (Å²) in [5.41, 5.74) is 3.64. The zero-order chi connectivity index (χ0) is 13.1. The van der Waals surface area contributed by atoms with Crippen LogP contribution in [0.4, 0.5) is 0 Å². The van der Waals surface area contributed by atoms with Crippen molar-refractivity contribution in [2.75, 3.05) is 7.05 Å². The summed E-state index contributed by atoms with van der Waals surface area (Å²) in [6.07, 6.45) is 0. The van der Waals surface area contributed by atoms with Crippen LogP contribution in [0.1, 0.15) is 22.7 Å². The van der Waals surface area contributed by atoms with Gasteiger partial charge in [0.2, 0.25) is 0 Å². The Bertz CT molecular complexity index is 537. The molecule has 1 unspecified atom stereocenters. The van der Waals surface area contributed by atoms with Crippen molar-refractivity contribution in [3.05, 3.63) is 68.7 Å². The van der Waals surface area contributed by atoms with Gasteiger partial charge >= 0.3 is 0 Å². The summed E-state index contributed by atoms with van der Waals surface area (Å²) in [5, 5.41) is 4.08. The second-order valence-electron chi connectivity index (χ2n) is 4.30. The second-order valence-corrected chi connectivity index (χ2v) is 5.59. The highest BCUT2D eigenvalue weighted by atomic mass is 79.9. The Kier molecular flexibility index (Phi) is 4.44. The molecule has 2 rings (SSSR count). The van der Waals surface area contributed by atoms with E-state index in [-0.39, 0.29) is 6.04 Å². The first-order chi connectivity index (χ1) is 8.61. The van der Waals surface area contributed by atoms with Crippen molar-refractivity contribution in [1.29, 1.82) is 0 Å². The van der Waals surface area contributed by atoms with E-state index in [1.807, 2.05) is 25.2 Å². The Morgan fingerprint density at radius 3 is 2.39 bits per heavy atom. The topological polar surface area (TPSA) is 12.0 Å². The number of hydrogen-bond donors (Lipinski definition) is 1. The van der Waals surface area contributed by atoms with Crippen molar-refractivity contribution in [2.24, 2.45) is 0 Å². The molecule has 0 aliphatic heterocycles. The van der Waals surface area contributed by atoms with Crippen molar-refractivity contribution in [1.82, 2.24) is 5.32 Å². The first-order valence-corrected chi connectivity index (χ1v) is 6.97. The van der Waals surface area contributed by atoms with Crippen LogP contribution in [0, 0.1) is 6.92 Å². The highest BCUT2D eigenvalue weighted by molar-refractivity contribution is 9.10. The fourth-order valence-corrected chi connectivity index (χ4v) is 2.65. The fraction of sp³-hybridized carbons (Fsp3) is 0.200. The molecule has 0 saturated heterocycles. The zero-order valence-electron chi connectivity index (χ0n) is 10.4. The molecule has 94 valence electrons. The van der Waals surface area contributed by atoms with Crippen molar-refractivity contribution < 1.29 is 0 Å². The molecule has 0 bridgehead atoms. The number of halogens is 2. The predicted molar refractivity (Wildman–Crippen MR) is 81.2 cm³/mol. The largest absolute Gasteiger partial charge is 0.309 e. The number of rotatable bonds is 3. The Morgan fingerprint density at radius 1 is 1.11 bits per heavy atom. The number of nitrogens with one attached hydrogen (secondary N) is 1. The molecule has 0 aliphatic carbocycles.